The van der Waals surface area contributed by atoms with E-state index in [2.05, 4.69) is 0 Å². The number of ether oxygens (including phenoxy) is 5. The number of esters is 1. The van der Waals surface area contributed by atoms with Gasteiger partial charge in [-0.25, -0.2) is 4.79 Å². The van der Waals surface area contributed by atoms with Crippen LogP contribution in [0, 0.1) is 23.7 Å². The maximum Gasteiger partial charge on any atom is 0.410 e. The second-order valence-electron chi connectivity index (χ2n) is 16.0. The number of ketones is 2. The lowest BCUT2D eigenvalue weighted by atomic mass is 9.73. The van der Waals surface area contributed by atoms with Crippen molar-refractivity contribution < 1.29 is 48.0 Å². The van der Waals surface area contributed by atoms with Gasteiger partial charge in [-0.15, -0.1) is 0 Å². The number of aliphatic hydroxyl groups excluding tert-OH is 1. The fraction of sp³-hybridized carbons (Fsp3) is 0.750. The van der Waals surface area contributed by atoms with Gasteiger partial charge in [0.2, 0.25) is 0 Å². The van der Waals surface area contributed by atoms with Crippen LogP contribution in [0.4, 0.5) is 4.79 Å². The number of hydrogen-bond donors (Lipinski definition) is 1. The zero-order valence-corrected chi connectivity index (χ0v) is 33.0. The minimum absolute atomic E-state index is 0.134. The topological polar surface area (TPSA) is 141 Å². The highest BCUT2D eigenvalue weighted by Gasteiger charge is 2.60. The molecule has 0 radical (unpaired) electrons. The van der Waals surface area contributed by atoms with E-state index in [1.807, 2.05) is 70.1 Å². The van der Waals surface area contributed by atoms with Gasteiger partial charge in [-0.05, 0) is 79.5 Å². The summed E-state index contributed by atoms with van der Waals surface area (Å²) in [5.41, 5.74) is -1.49. The van der Waals surface area contributed by atoms with Crippen LogP contribution in [0.15, 0.2) is 30.3 Å². The molecule has 0 aliphatic carbocycles. The van der Waals surface area contributed by atoms with E-state index in [0.717, 1.165) is 12.0 Å². The van der Waals surface area contributed by atoms with Crippen LogP contribution in [0.1, 0.15) is 86.6 Å². The molecule has 1 N–H and O–H groups in total. The molecule has 12 nitrogen and oxygen atoms in total. The summed E-state index contributed by atoms with van der Waals surface area (Å²) in [5, 5.41) is 11.4. The van der Waals surface area contributed by atoms with Gasteiger partial charge in [-0.1, -0.05) is 58.0 Å². The Morgan fingerprint density at radius 2 is 1.63 bits per heavy atom. The van der Waals surface area contributed by atoms with Gasteiger partial charge in [0.15, 0.2) is 17.7 Å². The number of nitrogens with zero attached hydrogens (tertiary/aromatic N) is 2. The number of methoxy groups -OCH3 is 1. The highest BCUT2D eigenvalue weighted by molar-refractivity contribution is 6.00. The molecule has 3 aliphatic heterocycles. The fourth-order valence-corrected chi connectivity index (χ4v) is 8.81. The maximum absolute atomic E-state index is 14.6. The van der Waals surface area contributed by atoms with E-state index in [1.54, 1.807) is 32.6 Å². The molecular formula is C40H62N2O10. The molecule has 1 unspecified atom stereocenters. The number of fused-ring (bicyclic) bond motifs is 1. The van der Waals surface area contributed by atoms with Crippen LogP contribution >= 0.6 is 0 Å². The van der Waals surface area contributed by atoms with Crippen molar-refractivity contribution in [2.24, 2.45) is 23.7 Å². The Labute approximate surface area is 309 Å². The number of amides is 1. The zero-order valence-electron chi connectivity index (χ0n) is 33.0. The molecule has 0 saturated carbocycles. The lowest BCUT2D eigenvalue weighted by molar-refractivity contribution is -0.295. The summed E-state index contributed by atoms with van der Waals surface area (Å²) in [5.74, 6) is -4.83. The van der Waals surface area contributed by atoms with E-state index in [4.69, 9.17) is 23.7 Å². The summed E-state index contributed by atoms with van der Waals surface area (Å²) in [6.45, 7) is 14.3. The van der Waals surface area contributed by atoms with Crippen molar-refractivity contribution in [2.45, 2.75) is 141 Å². The van der Waals surface area contributed by atoms with Crippen molar-refractivity contribution in [3.63, 3.8) is 0 Å². The van der Waals surface area contributed by atoms with Gasteiger partial charge in [-0.2, -0.15) is 0 Å². The van der Waals surface area contributed by atoms with Crippen LogP contribution < -0.4 is 0 Å². The summed E-state index contributed by atoms with van der Waals surface area (Å²) in [7, 11) is 5.25. The highest BCUT2D eigenvalue weighted by Crippen LogP contribution is 2.43. The number of carbonyl (C=O) groups excluding carboxylic acids is 4. The quantitative estimate of drug-likeness (QED) is 0.276. The third kappa shape index (κ3) is 8.57. The number of rotatable bonds is 9. The second kappa shape index (κ2) is 17.1. The normalized spacial score (nSPS) is 39.6. The summed E-state index contributed by atoms with van der Waals surface area (Å²) in [6.07, 6.45) is -2.57. The van der Waals surface area contributed by atoms with Crippen LogP contribution in [0.5, 0.6) is 0 Å². The van der Waals surface area contributed by atoms with Crippen LogP contribution in [-0.4, -0.2) is 120 Å². The first-order chi connectivity index (χ1) is 24.4. The Hall–Kier alpha value is -2.90. The van der Waals surface area contributed by atoms with E-state index >= 15 is 0 Å². The van der Waals surface area contributed by atoms with Crippen molar-refractivity contribution >= 4 is 23.6 Å². The van der Waals surface area contributed by atoms with Gasteiger partial charge in [0.05, 0.1) is 23.9 Å². The molecule has 292 valence electrons. The van der Waals surface area contributed by atoms with E-state index in [0.29, 0.717) is 19.4 Å². The molecule has 3 fully saturated rings. The van der Waals surface area contributed by atoms with Crippen molar-refractivity contribution in [3.8, 4) is 0 Å². The number of likely N-dealkylation sites (N-methyl/N-ethyl adjacent to an activating group) is 1. The summed E-state index contributed by atoms with van der Waals surface area (Å²) in [6, 6.07) is 8.93. The number of Topliss-reactive ketones (excluding diaryl/α,β-unsaturated/α-hetero) is 2. The molecule has 3 heterocycles. The Balaban J connectivity index is 1.74. The summed E-state index contributed by atoms with van der Waals surface area (Å²) in [4.78, 5) is 59.9. The summed E-state index contributed by atoms with van der Waals surface area (Å²) < 4.78 is 31.1. The first-order valence-corrected chi connectivity index (χ1v) is 18.9. The summed E-state index contributed by atoms with van der Waals surface area (Å²) >= 11 is 0. The van der Waals surface area contributed by atoms with Crippen LogP contribution in [-0.2, 0) is 44.5 Å². The molecule has 52 heavy (non-hydrogen) atoms. The number of benzene rings is 1. The smallest absolute Gasteiger partial charge is 0.410 e. The number of aliphatic hydroxyl groups is 1. The molecule has 13 atom stereocenters. The standard InChI is InChI=1S/C40H62N2O10/c1-12-30-40(8)34(42(38(47)52-40)20-16-19-28-17-14-13-15-18-28)25(4)31(43)23(2)22-39(7,48-11)35(26(5)32(44)27(6)36(46)50-30)51-37-33(45)29(41(9)10)21-24(3)49-37/h13-15,17-18,23-27,29-30,33-35,37,45H,12,16,19-22H2,1-11H3/t23-,24-,25+,26+,27-,29+,30?,33-,34-,35-,37+,39-,40-/m1/s1. The third-order valence-electron chi connectivity index (χ3n) is 11.9. The van der Waals surface area contributed by atoms with Gasteiger partial charge in [0.1, 0.15) is 23.9 Å². The molecule has 1 aromatic carbocycles. The van der Waals surface area contributed by atoms with Crippen molar-refractivity contribution in [3.05, 3.63) is 35.9 Å². The molecule has 3 aliphatic rings. The number of carbonyl (C=O) groups is 4. The number of hydrogen-bond acceptors (Lipinski definition) is 11. The lowest BCUT2D eigenvalue weighted by Gasteiger charge is -2.47. The molecule has 1 aromatic rings. The van der Waals surface area contributed by atoms with E-state index in [-0.39, 0.29) is 30.8 Å². The van der Waals surface area contributed by atoms with Gasteiger partial charge < -0.3 is 38.6 Å². The molecule has 0 spiro atoms. The van der Waals surface area contributed by atoms with Crippen LogP contribution in [0.3, 0.4) is 0 Å². The van der Waals surface area contributed by atoms with E-state index in [9.17, 15) is 24.3 Å². The minimum atomic E-state index is -1.37. The second-order valence-corrected chi connectivity index (χ2v) is 16.0. The number of aryl methyl sites for hydroxylation is 1. The Bertz CT molecular complexity index is 1410. The molecular weight excluding hydrogens is 668 g/mol. The molecule has 12 heteroatoms. The molecule has 3 saturated heterocycles. The lowest BCUT2D eigenvalue weighted by Crippen LogP contribution is -2.60. The van der Waals surface area contributed by atoms with E-state index in [1.165, 1.54) is 14.0 Å². The predicted octanol–water partition coefficient (Wildman–Crippen LogP) is 4.82. The largest absolute Gasteiger partial charge is 0.458 e. The van der Waals surface area contributed by atoms with Crippen molar-refractivity contribution in [1.29, 1.82) is 0 Å². The van der Waals surface area contributed by atoms with Crippen LogP contribution in [0.2, 0.25) is 0 Å². The Morgan fingerprint density at radius 1 is 0.981 bits per heavy atom. The van der Waals surface area contributed by atoms with Crippen molar-refractivity contribution in [1.82, 2.24) is 9.80 Å². The highest BCUT2D eigenvalue weighted by atomic mass is 16.7. The number of cyclic esters (lactones) is 1. The van der Waals surface area contributed by atoms with Gasteiger partial charge >= 0.3 is 12.1 Å². The first kappa shape index (κ1) is 41.9. The van der Waals surface area contributed by atoms with E-state index < -0.39 is 83.4 Å². The van der Waals surface area contributed by atoms with Gasteiger partial charge in [0.25, 0.3) is 0 Å². The third-order valence-corrected chi connectivity index (χ3v) is 11.9. The monoisotopic (exact) mass is 730 g/mol. The fourth-order valence-electron chi connectivity index (χ4n) is 8.81. The average molecular weight is 731 g/mol. The van der Waals surface area contributed by atoms with Gasteiger partial charge in [0, 0.05) is 37.5 Å². The SMILES string of the molecule is CCC1OC(=O)[C@H](C)C(=O)[C@H](C)[C@@H](O[C@@H]2O[C@H](C)C[C@H](N(C)C)[C@H]2O)[C@](C)(OC)C[C@@H](C)C(=O)[C@H](C)[C@H]2N(CCCc3ccccc3)C(=O)O[C@]12C. The molecule has 1 amide bonds. The Kier molecular flexibility index (Phi) is 13.7. The molecule has 0 aromatic heterocycles. The average Bonchev–Trinajstić information content (AvgIpc) is 3.37. The zero-order chi connectivity index (χ0) is 38.7. The molecule has 0 bridgehead atoms. The van der Waals surface area contributed by atoms with Crippen LogP contribution in [0.25, 0.3) is 0 Å². The Morgan fingerprint density at radius 3 is 2.23 bits per heavy atom. The first-order valence-electron chi connectivity index (χ1n) is 18.9. The minimum Gasteiger partial charge on any atom is -0.458 e. The van der Waals surface area contributed by atoms with Crippen molar-refractivity contribution in [2.75, 3.05) is 27.7 Å². The predicted molar refractivity (Wildman–Crippen MR) is 194 cm³/mol. The van der Waals surface area contributed by atoms with Gasteiger partial charge in [-0.3, -0.25) is 14.4 Å². The molecule has 4 rings (SSSR count). The maximum atomic E-state index is 14.6.